The molecule has 2 N–H and O–H groups in total. The molecule has 4 heteroatoms. The SMILES string of the molecule is NC1(CCC2CCS(=O)(=O)CC2)CC1. The van der Waals surface area contributed by atoms with Crippen molar-refractivity contribution in [3.8, 4) is 0 Å². The van der Waals surface area contributed by atoms with E-state index in [2.05, 4.69) is 0 Å². The van der Waals surface area contributed by atoms with E-state index in [1.54, 1.807) is 0 Å². The molecule has 0 bridgehead atoms. The molecule has 0 spiro atoms. The number of sulfone groups is 1. The van der Waals surface area contributed by atoms with Gasteiger partial charge in [0, 0.05) is 5.54 Å². The molecule has 0 aromatic carbocycles. The first-order valence-corrected chi connectivity index (χ1v) is 7.31. The maximum absolute atomic E-state index is 11.2. The van der Waals surface area contributed by atoms with Crippen LogP contribution in [-0.4, -0.2) is 25.5 Å². The molecule has 1 saturated heterocycles. The van der Waals surface area contributed by atoms with Crippen molar-refractivity contribution in [3.63, 3.8) is 0 Å². The van der Waals surface area contributed by atoms with Crippen molar-refractivity contribution < 1.29 is 8.42 Å². The quantitative estimate of drug-likeness (QED) is 0.769. The van der Waals surface area contributed by atoms with Gasteiger partial charge in [-0.05, 0) is 44.4 Å². The first-order chi connectivity index (χ1) is 6.49. The van der Waals surface area contributed by atoms with Gasteiger partial charge in [-0.3, -0.25) is 0 Å². The van der Waals surface area contributed by atoms with Crippen LogP contribution in [0.5, 0.6) is 0 Å². The fourth-order valence-electron chi connectivity index (χ4n) is 2.13. The molecule has 0 atom stereocenters. The van der Waals surface area contributed by atoms with Crippen LogP contribution in [0.1, 0.15) is 38.5 Å². The fourth-order valence-corrected chi connectivity index (χ4v) is 3.72. The molecule has 2 rings (SSSR count). The van der Waals surface area contributed by atoms with E-state index in [0.29, 0.717) is 17.4 Å². The summed E-state index contributed by atoms with van der Waals surface area (Å²) in [4.78, 5) is 0. The third kappa shape index (κ3) is 2.70. The molecule has 2 fully saturated rings. The van der Waals surface area contributed by atoms with Gasteiger partial charge < -0.3 is 5.73 Å². The number of hydrogen-bond donors (Lipinski definition) is 1. The Morgan fingerprint density at radius 3 is 2.29 bits per heavy atom. The molecule has 82 valence electrons. The van der Waals surface area contributed by atoms with E-state index in [9.17, 15) is 8.42 Å². The predicted octanol–water partition coefficient (Wildman–Crippen LogP) is 1.08. The third-order valence-corrected chi connectivity index (χ3v) is 5.33. The van der Waals surface area contributed by atoms with Crippen molar-refractivity contribution in [2.24, 2.45) is 11.7 Å². The zero-order valence-corrected chi connectivity index (χ0v) is 9.35. The minimum atomic E-state index is -2.69. The summed E-state index contributed by atoms with van der Waals surface area (Å²) in [6.45, 7) is 0. The second kappa shape index (κ2) is 3.49. The lowest BCUT2D eigenvalue weighted by Gasteiger charge is -2.22. The molecule has 0 aromatic heterocycles. The van der Waals surface area contributed by atoms with E-state index in [4.69, 9.17) is 5.73 Å². The largest absolute Gasteiger partial charge is 0.325 e. The summed E-state index contributed by atoms with van der Waals surface area (Å²) in [7, 11) is -2.69. The molecule has 2 aliphatic rings. The lowest BCUT2D eigenvalue weighted by atomic mass is 9.94. The van der Waals surface area contributed by atoms with Gasteiger partial charge in [-0.25, -0.2) is 8.42 Å². The lowest BCUT2D eigenvalue weighted by Crippen LogP contribution is -2.26. The predicted molar refractivity (Wildman–Crippen MR) is 56.8 cm³/mol. The molecule has 0 aromatic rings. The van der Waals surface area contributed by atoms with E-state index in [1.807, 2.05) is 0 Å². The zero-order valence-electron chi connectivity index (χ0n) is 8.54. The molecular formula is C10H19NO2S. The molecule has 0 unspecified atom stereocenters. The number of nitrogens with two attached hydrogens (primary N) is 1. The van der Waals surface area contributed by atoms with E-state index >= 15 is 0 Å². The average molecular weight is 217 g/mol. The van der Waals surface area contributed by atoms with Gasteiger partial charge in [0.2, 0.25) is 0 Å². The third-order valence-electron chi connectivity index (χ3n) is 3.62. The molecule has 0 radical (unpaired) electrons. The molecule has 1 heterocycles. The van der Waals surface area contributed by atoms with Crippen molar-refractivity contribution in [1.82, 2.24) is 0 Å². The van der Waals surface area contributed by atoms with Crippen molar-refractivity contribution in [3.05, 3.63) is 0 Å². The summed E-state index contributed by atoms with van der Waals surface area (Å²) in [6, 6.07) is 0. The fraction of sp³-hybridized carbons (Fsp3) is 1.00. The van der Waals surface area contributed by atoms with E-state index in [-0.39, 0.29) is 5.54 Å². The van der Waals surface area contributed by atoms with Crippen LogP contribution in [0.3, 0.4) is 0 Å². The summed E-state index contributed by atoms with van der Waals surface area (Å²) in [5.41, 5.74) is 6.13. The minimum Gasteiger partial charge on any atom is -0.325 e. The standard InChI is InChI=1S/C10H19NO2S/c11-10(5-6-10)4-1-9-2-7-14(12,13)8-3-9/h9H,1-8,11H2. The van der Waals surface area contributed by atoms with Gasteiger partial charge in [0.1, 0.15) is 9.84 Å². The molecular weight excluding hydrogens is 198 g/mol. The summed E-state index contributed by atoms with van der Waals surface area (Å²) < 4.78 is 22.4. The summed E-state index contributed by atoms with van der Waals surface area (Å²) in [5.74, 6) is 1.41. The Bertz CT molecular complexity index is 292. The Labute approximate surface area is 86.0 Å². The van der Waals surface area contributed by atoms with Crippen LogP contribution in [0.25, 0.3) is 0 Å². The molecule has 1 aliphatic heterocycles. The molecule has 3 nitrogen and oxygen atoms in total. The van der Waals surface area contributed by atoms with Gasteiger partial charge in [-0.2, -0.15) is 0 Å². The van der Waals surface area contributed by atoms with Crippen LogP contribution < -0.4 is 5.73 Å². The summed E-state index contributed by atoms with van der Waals surface area (Å²) in [6.07, 6.45) is 6.27. The highest BCUT2D eigenvalue weighted by atomic mass is 32.2. The van der Waals surface area contributed by atoms with Crippen molar-refractivity contribution in [2.45, 2.75) is 44.1 Å². The Balaban J connectivity index is 1.73. The maximum atomic E-state index is 11.2. The molecule has 0 amide bonds. The second-order valence-corrected chi connectivity index (χ2v) is 7.30. The van der Waals surface area contributed by atoms with Crippen LogP contribution in [-0.2, 0) is 9.84 Å². The molecule has 1 saturated carbocycles. The van der Waals surface area contributed by atoms with Gasteiger partial charge in [0.05, 0.1) is 11.5 Å². The topological polar surface area (TPSA) is 60.2 Å². The normalized spacial score (nSPS) is 30.1. The van der Waals surface area contributed by atoms with Gasteiger partial charge in [0.25, 0.3) is 0 Å². The van der Waals surface area contributed by atoms with Crippen LogP contribution in [0.15, 0.2) is 0 Å². The second-order valence-electron chi connectivity index (χ2n) is 5.00. The molecule has 1 aliphatic carbocycles. The van der Waals surface area contributed by atoms with E-state index < -0.39 is 9.84 Å². The van der Waals surface area contributed by atoms with Crippen LogP contribution >= 0.6 is 0 Å². The first kappa shape index (κ1) is 10.4. The smallest absolute Gasteiger partial charge is 0.150 e. The highest BCUT2D eigenvalue weighted by Gasteiger charge is 2.38. The molecule has 14 heavy (non-hydrogen) atoms. The Morgan fingerprint density at radius 1 is 1.21 bits per heavy atom. The Hall–Kier alpha value is -0.0900. The van der Waals surface area contributed by atoms with Crippen LogP contribution in [0.4, 0.5) is 0 Å². The van der Waals surface area contributed by atoms with Gasteiger partial charge in [-0.15, -0.1) is 0 Å². The first-order valence-electron chi connectivity index (χ1n) is 5.48. The zero-order chi connectivity index (χ0) is 10.2. The number of rotatable bonds is 3. The van der Waals surface area contributed by atoms with Crippen molar-refractivity contribution in [1.29, 1.82) is 0 Å². The summed E-state index contributed by atoms with van der Waals surface area (Å²) in [5, 5.41) is 0. The van der Waals surface area contributed by atoms with Crippen molar-refractivity contribution >= 4 is 9.84 Å². The average Bonchev–Trinajstić information content (AvgIpc) is 2.83. The Kier molecular flexibility index (Phi) is 2.60. The van der Waals surface area contributed by atoms with Gasteiger partial charge in [-0.1, -0.05) is 0 Å². The highest BCUT2D eigenvalue weighted by molar-refractivity contribution is 7.91. The lowest BCUT2D eigenvalue weighted by molar-refractivity contribution is 0.398. The van der Waals surface area contributed by atoms with Gasteiger partial charge in [0.15, 0.2) is 0 Å². The minimum absolute atomic E-state index is 0.135. The van der Waals surface area contributed by atoms with Crippen LogP contribution in [0, 0.1) is 5.92 Å². The Morgan fingerprint density at radius 2 is 1.79 bits per heavy atom. The van der Waals surface area contributed by atoms with Gasteiger partial charge >= 0.3 is 0 Å². The summed E-state index contributed by atoms with van der Waals surface area (Å²) >= 11 is 0. The number of hydrogen-bond acceptors (Lipinski definition) is 3. The maximum Gasteiger partial charge on any atom is 0.150 e. The van der Waals surface area contributed by atoms with Crippen LogP contribution in [0.2, 0.25) is 0 Å². The highest BCUT2D eigenvalue weighted by Crippen LogP contribution is 2.38. The van der Waals surface area contributed by atoms with E-state index in [1.165, 1.54) is 0 Å². The van der Waals surface area contributed by atoms with Crippen molar-refractivity contribution in [2.75, 3.05) is 11.5 Å². The van der Waals surface area contributed by atoms with E-state index in [0.717, 1.165) is 38.5 Å². The monoisotopic (exact) mass is 217 g/mol.